The summed E-state index contributed by atoms with van der Waals surface area (Å²) in [7, 11) is -3.63. The summed E-state index contributed by atoms with van der Waals surface area (Å²) in [6.45, 7) is 0.256. The molecule has 1 aliphatic heterocycles. The fourth-order valence-electron chi connectivity index (χ4n) is 2.88. The molecule has 0 aliphatic carbocycles. The molecule has 0 radical (unpaired) electrons. The molecule has 1 N–H and O–H groups in total. The summed E-state index contributed by atoms with van der Waals surface area (Å²) < 4.78 is 41.8. The Morgan fingerprint density at radius 1 is 1.03 bits per heavy atom. The number of rotatable bonds is 9. The van der Waals surface area contributed by atoms with Crippen molar-refractivity contribution in [1.82, 2.24) is 4.31 Å². The smallest absolute Gasteiger partial charge is 0.344 e. The first kappa shape index (κ1) is 23.4. The van der Waals surface area contributed by atoms with Crippen molar-refractivity contribution in [1.29, 1.82) is 0 Å². The van der Waals surface area contributed by atoms with Crippen LogP contribution in [-0.4, -0.2) is 70.4 Å². The Morgan fingerprint density at radius 3 is 2.41 bits per heavy atom. The lowest BCUT2D eigenvalue weighted by Crippen LogP contribution is -2.40. The van der Waals surface area contributed by atoms with Crippen LogP contribution in [0.4, 0.5) is 5.69 Å². The number of carbonyl (C=O) groups excluding carboxylic acids is 3. The third-order valence-electron chi connectivity index (χ3n) is 4.50. The fraction of sp³-hybridized carbons (Fsp3) is 0.286. The standard InChI is InChI=1S/C21H22N2O8S/c24-13-16-3-1-2-4-19(16)30-15-21(26)31-14-20(25)22-17-5-7-18(8-6-17)32(27,28)23-9-11-29-12-10-23/h1-8,13H,9-12,14-15H2,(H,22,25). The van der Waals surface area contributed by atoms with E-state index >= 15 is 0 Å². The zero-order valence-corrected chi connectivity index (χ0v) is 17.9. The number of aldehydes is 1. The largest absolute Gasteiger partial charge is 0.481 e. The van der Waals surface area contributed by atoms with Crippen molar-refractivity contribution < 1.29 is 37.0 Å². The quantitative estimate of drug-likeness (QED) is 0.433. The molecular weight excluding hydrogens is 440 g/mol. The number of anilines is 1. The highest BCUT2D eigenvalue weighted by Gasteiger charge is 2.26. The van der Waals surface area contributed by atoms with Gasteiger partial charge in [-0.25, -0.2) is 13.2 Å². The molecule has 2 aromatic carbocycles. The van der Waals surface area contributed by atoms with Gasteiger partial charge in [-0.3, -0.25) is 9.59 Å². The van der Waals surface area contributed by atoms with Crippen LogP contribution in [0, 0.1) is 0 Å². The number of ether oxygens (including phenoxy) is 3. The number of hydrogen-bond acceptors (Lipinski definition) is 8. The van der Waals surface area contributed by atoms with Gasteiger partial charge in [-0.2, -0.15) is 4.31 Å². The third kappa shape index (κ3) is 6.13. The summed E-state index contributed by atoms with van der Waals surface area (Å²) in [5.74, 6) is -1.15. The topological polar surface area (TPSA) is 128 Å². The molecule has 0 unspecified atom stereocenters. The molecule has 11 heteroatoms. The van der Waals surface area contributed by atoms with E-state index in [9.17, 15) is 22.8 Å². The van der Waals surface area contributed by atoms with Gasteiger partial charge in [0.1, 0.15) is 5.75 Å². The number of nitrogens with zero attached hydrogens (tertiary/aromatic N) is 1. The molecule has 170 valence electrons. The Kier molecular flexibility index (Phi) is 7.92. The van der Waals surface area contributed by atoms with Crippen molar-refractivity contribution in [3.8, 4) is 5.75 Å². The highest BCUT2D eigenvalue weighted by atomic mass is 32.2. The van der Waals surface area contributed by atoms with Gasteiger partial charge in [0.2, 0.25) is 10.0 Å². The second-order valence-electron chi connectivity index (χ2n) is 6.69. The van der Waals surface area contributed by atoms with Crippen LogP contribution in [0.25, 0.3) is 0 Å². The van der Waals surface area contributed by atoms with Crippen molar-refractivity contribution >= 4 is 33.9 Å². The Balaban J connectivity index is 1.46. The number of hydrogen-bond donors (Lipinski definition) is 1. The number of morpholine rings is 1. The van der Waals surface area contributed by atoms with E-state index < -0.39 is 35.1 Å². The van der Waals surface area contributed by atoms with Crippen molar-refractivity contribution in [2.45, 2.75) is 4.90 Å². The highest BCUT2D eigenvalue weighted by molar-refractivity contribution is 7.89. The van der Waals surface area contributed by atoms with Crippen molar-refractivity contribution in [2.75, 3.05) is 44.8 Å². The minimum atomic E-state index is -3.63. The van der Waals surface area contributed by atoms with Gasteiger partial charge >= 0.3 is 5.97 Å². The van der Waals surface area contributed by atoms with Gasteiger partial charge < -0.3 is 19.5 Å². The van der Waals surface area contributed by atoms with Gasteiger partial charge in [-0.1, -0.05) is 12.1 Å². The molecule has 1 aliphatic rings. The molecular formula is C21H22N2O8S. The van der Waals surface area contributed by atoms with Crippen molar-refractivity contribution in [3.05, 3.63) is 54.1 Å². The van der Waals surface area contributed by atoms with E-state index in [-0.39, 0.29) is 29.3 Å². The molecule has 0 aromatic heterocycles. The van der Waals surface area contributed by atoms with Gasteiger partial charge in [-0.15, -0.1) is 0 Å². The fourth-order valence-corrected chi connectivity index (χ4v) is 4.29. The van der Waals surface area contributed by atoms with E-state index in [4.69, 9.17) is 14.2 Å². The van der Waals surface area contributed by atoms with Gasteiger partial charge in [0, 0.05) is 18.8 Å². The lowest BCUT2D eigenvalue weighted by atomic mass is 10.2. The van der Waals surface area contributed by atoms with Crippen molar-refractivity contribution in [3.63, 3.8) is 0 Å². The van der Waals surface area contributed by atoms with Crippen LogP contribution in [0.15, 0.2) is 53.4 Å². The lowest BCUT2D eigenvalue weighted by molar-refractivity contribution is -0.149. The van der Waals surface area contributed by atoms with Gasteiger partial charge in [-0.05, 0) is 36.4 Å². The van der Waals surface area contributed by atoms with E-state index in [1.807, 2.05) is 0 Å². The summed E-state index contributed by atoms with van der Waals surface area (Å²) in [6.07, 6.45) is 0.603. The first-order chi connectivity index (χ1) is 15.4. The van der Waals surface area contributed by atoms with Crippen LogP contribution in [0.1, 0.15) is 10.4 Å². The average Bonchev–Trinajstić information content (AvgIpc) is 2.82. The molecule has 0 saturated carbocycles. The number of amides is 1. The van der Waals surface area contributed by atoms with Crippen LogP contribution < -0.4 is 10.1 Å². The second kappa shape index (κ2) is 10.8. The van der Waals surface area contributed by atoms with Crippen LogP contribution in [-0.2, 0) is 29.1 Å². The number of nitrogens with one attached hydrogen (secondary N) is 1. The van der Waals surface area contributed by atoms with E-state index in [1.165, 1.54) is 34.6 Å². The number of sulfonamides is 1. The molecule has 1 heterocycles. The number of carbonyl (C=O) groups is 3. The maximum Gasteiger partial charge on any atom is 0.344 e. The predicted octanol–water partition coefficient (Wildman–Crippen LogP) is 1.08. The molecule has 1 saturated heterocycles. The number of para-hydroxylation sites is 1. The molecule has 1 fully saturated rings. The third-order valence-corrected chi connectivity index (χ3v) is 6.41. The Morgan fingerprint density at radius 2 is 1.72 bits per heavy atom. The van der Waals surface area contributed by atoms with E-state index in [0.717, 1.165) is 0 Å². The Bertz CT molecular complexity index is 1060. The summed E-state index contributed by atoms with van der Waals surface area (Å²) in [5, 5.41) is 2.52. The van der Waals surface area contributed by atoms with Crippen LogP contribution in [0.2, 0.25) is 0 Å². The normalized spacial score (nSPS) is 14.4. The van der Waals surface area contributed by atoms with Gasteiger partial charge in [0.15, 0.2) is 19.5 Å². The lowest BCUT2D eigenvalue weighted by Gasteiger charge is -2.26. The number of esters is 1. The van der Waals surface area contributed by atoms with Crippen molar-refractivity contribution in [2.24, 2.45) is 0 Å². The molecule has 0 bridgehead atoms. The minimum Gasteiger partial charge on any atom is -0.481 e. The molecule has 0 spiro atoms. The Hall–Kier alpha value is -3.28. The van der Waals surface area contributed by atoms with Crippen LogP contribution >= 0.6 is 0 Å². The highest BCUT2D eigenvalue weighted by Crippen LogP contribution is 2.19. The maximum atomic E-state index is 12.6. The maximum absolute atomic E-state index is 12.6. The van der Waals surface area contributed by atoms with E-state index in [0.29, 0.717) is 25.2 Å². The molecule has 32 heavy (non-hydrogen) atoms. The van der Waals surface area contributed by atoms with E-state index in [1.54, 1.807) is 18.2 Å². The SMILES string of the molecule is O=Cc1ccccc1OCC(=O)OCC(=O)Nc1ccc(S(=O)(=O)N2CCOCC2)cc1. The van der Waals surface area contributed by atoms with Crippen LogP contribution in [0.3, 0.4) is 0 Å². The summed E-state index contributed by atoms with van der Waals surface area (Å²) in [4.78, 5) is 34.8. The van der Waals surface area contributed by atoms with E-state index in [2.05, 4.69) is 5.32 Å². The summed E-state index contributed by atoms with van der Waals surface area (Å²) >= 11 is 0. The first-order valence-electron chi connectivity index (χ1n) is 9.70. The summed E-state index contributed by atoms with van der Waals surface area (Å²) in [5.41, 5.74) is 0.639. The molecule has 3 rings (SSSR count). The Labute approximate surface area is 185 Å². The zero-order chi connectivity index (χ0) is 23.0. The predicted molar refractivity (Wildman–Crippen MR) is 113 cm³/mol. The monoisotopic (exact) mass is 462 g/mol. The molecule has 10 nitrogen and oxygen atoms in total. The molecule has 2 aromatic rings. The number of benzene rings is 2. The minimum absolute atomic E-state index is 0.108. The molecule has 1 amide bonds. The molecule has 0 atom stereocenters. The summed E-state index contributed by atoms with van der Waals surface area (Å²) in [6, 6.07) is 12.1. The second-order valence-corrected chi connectivity index (χ2v) is 8.63. The van der Waals surface area contributed by atoms with Gasteiger partial charge in [0.25, 0.3) is 5.91 Å². The average molecular weight is 462 g/mol. The zero-order valence-electron chi connectivity index (χ0n) is 17.1. The van der Waals surface area contributed by atoms with Crippen LogP contribution in [0.5, 0.6) is 5.75 Å². The first-order valence-corrected chi connectivity index (χ1v) is 11.1. The van der Waals surface area contributed by atoms with Gasteiger partial charge in [0.05, 0.1) is 23.7 Å².